The first kappa shape index (κ1) is 9.16. The maximum absolute atomic E-state index is 5.89. The molecule has 76 valence electrons. The van der Waals surface area contributed by atoms with Crippen LogP contribution in [0.5, 0.6) is 5.88 Å². The lowest BCUT2D eigenvalue weighted by Gasteiger charge is -2.00. The zero-order valence-corrected chi connectivity index (χ0v) is 9.78. The second-order valence-corrected chi connectivity index (χ2v) is 4.40. The largest absolute Gasteiger partial charge is 0.433 e. The molecule has 0 N–H and O–H groups in total. The first-order valence-electron chi connectivity index (χ1n) is 5.02. The summed E-state index contributed by atoms with van der Waals surface area (Å²) in [6, 6.07) is 10.5. The number of hydrogen-bond acceptors (Lipinski definition) is 1. The SMILES string of the molecule is BrCC1C[n+]2ccc3ccccc3c2O1. The lowest BCUT2D eigenvalue weighted by atomic mass is 10.2. The van der Waals surface area contributed by atoms with E-state index in [1.807, 2.05) is 6.07 Å². The molecule has 1 atom stereocenters. The highest BCUT2D eigenvalue weighted by Crippen LogP contribution is 2.25. The van der Waals surface area contributed by atoms with Crippen molar-refractivity contribution in [3.63, 3.8) is 0 Å². The molecule has 0 radical (unpaired) electrons. The van der Waals surface area contributed by atoms with Gasteiger partial charge in [-0.2, -0.15) is 4.57 Å². The van der Waals surface area contributed by atoms with Gasteiger partial charge in [-0.05, 0) is 11.5 Å². The van der Waals surface area contributed by atoms with Gasteiger partial charge in [0.15, 0.2) is 18.8 Å². The van der Waals surface area contributed by atoms with E-state index in [0.717, 1.165) is 17.8 Å². The van der Waals surface area contributed by atoms with Gasteiger partial charge in [0, 0.05) is 11.4 Å². The summed E-state index contributed by atoms with van der Waals surface area (Å²) in [5.41, 5.74) is 0. The number of alkyl halides is 1. The highest BCUT2D eigenvalue weighted by atomic mass is 79.9. The van der Waals surface area contributed by atoms with E-state index in [-0.39, 0.29) is 6.10 Å². The summed E-state index contributed by atoms with van der Waals surface area (Å²) in [5.74, 6) is 0.998. The summed E-state index contributed by atoms with van der Waals surface area (Å²) in [5, 5.41) is 3.31. The Morgan fingerprint density at radius 3 is 3.07 bits per heavy atom. The fraction of sp³-hybridized carbons (Fsp3) is 0.250. The van der Waals surface area contributed by atoms with Gasteiger partial charge in [0.25, 0.3) is 0 Å². The molecule has 0 bridgehead atoms. The Hall–Kier alpha value is -1.09. The van der Waals surface area contributed by atoms with Gasteiger partial charge in [-0.3, -0.25) is 0 Å². The molecule has 0 saturated heterocycles. The van der Waals surface area contributed by atoms with Crippen LogP contribution in [0.25, 0.3) is 10.8 Å². The quantitative estimate of drug-likeness (QED) is 0.569. The fourth-order valence-electron chi connectivity index (χ4n) is 2.00. The Kier molecular flexibility index (Phi) is 2.13. The lowest BCUT2D eigenvalue weighted by Crippen LogP contribution is -2.32. The van der Waals surface area contributed by atoms with Crippen molar-refractivity contribution in [1.82, 2.24) is 0 Å². The van der Waals surface area contributed by atoms with Crippen molar-refractivity contribution in [2.75, 3.05) is 5.33 Å². The number of halogens is 1. The standard InChI is InChI=1S/C12H11BrNO/c13-7-10-8-14-6-5-9-3-1-2-4-11(9)12(14)15-10/h1-6,10H,7-8H2/q+1. The first-order valence-corrected chi connectivity index (χ1v) is 6.14. The Labute approximate surface area is 96.6 Å². The Bertz CT molecular complexity index is 512. The molecule has 0 amide bonds. The second kappa shape index (κ2) is 3.49. The Morgan fingerprint density at radius 2 is 2.20 bits per heavy atom. The molecular formula is C12H11BrNO+. The van der Waals surface area contributed by atoms with Crippen LogP contribution in [0.1, 0.15) is 0 Å². The van der Waals surface area contributed by atoms with Crippen molar-refractivity contribution in [3.8, 4) is 5.88 Å². The molecule has 15 heavy (non-hydrogen) atoms. The summed E-state index contributed by atoms with van der Waals surface area (Å²) in [6.45, 7) is 0.936. The predicted octanol–water partition coefficient (Wildman–Crippen LogP) is 2.28. The molecule has 1 aliphatic rings. The van der Waals surface area contributed by atoms with E-state index in [1.54, 1.807) is 0 Å². The fourth-order valence-corrected chi connectivity index (χ4v) is 2.34. The maximum atomic E-state index is 5.89. The van der Waals surface area contributed by atoms with Gasteiger partial charge in [-0.15, -0.1) is 0 Å². The van der Waals surface area contributed by atoms with Crippen molar-refractivity contribution >= 4 is 26.7 Å². The molecule has 3 heteroatoms. The predicted molar refractivity (Wildman–Crippen MR) is 62.4 cm³/mol. The topological polar surface area (TPSA) is 13.1 Å². The van der Waals surface area contributed by atoms with Crippen LogP contribution in [0.15, 0.2) is 36.5 Å². The van der Waals surface area contributed by atoms with Crippen molar-refractivity contribution in [2.45, 2.75) is 12.6 Å². The van der Waals surface area contributed by atoms with E-state index in [4.69, 9.17) is 4.74 Å². The van der Waals surface area contributed by atoms with Crippen molar-refractivity contribution < 1.29 is 9.30 Å². The van der Waals surface area contributed by atoms with E-state index in [1.165, 1.54) is 10.8 Å². The average molecular weight is 265 g/mol. The van der Waals surface area contributed by atoms with Crippen LogP contribution in [0.2, 0.25) is 0 Å². The van der Waals surface area contributed by atoms with Crippen LogP contribution in [0.4, 0.5) is 0 Å². The highest BCUT2D eigenvalue weighted by molar-refractivity contribution is 9.09. The lowest BCUT2D eigenvalue weighted by molar-refractivity contribution is -0.680. The van der Waals surface area contributed by atoms with E-state index < -0.39 is 0 Å². The smallest absolute Gasteiger partial charge is 0.376 e. The summed E-state index contributed by atoms with van der Waals surface area (Å²) >= 11 is 3.46. The highest BCUT2D eigenvalue weighted by Gasteiger charge is 2.30. The van der Waals surface area contributed by atoms with Gasteiger partial charge in [0.2, 0.25) is 0 Å². The van der Waals surface area contributed by atoms with E-state index >= 15 is 0 Å². The molecule has 1 aliphatic heterocycles. The van der Waals surface area contributed by atoms with Crippen LogP contribution in [0.3, 0.4) is 0 Å². The van der Waals surface area contributed by atoms with Crippen LogP contribution < -0.4 is 9.30 Å². The van der Waals surface area contributed by atoms with E-state index in [2.05, 4.69) is 51.0 Å². The number of pyridine rings is 1. The van der Waals surface area contributed by atoms with Crippen molar-refractivity contribution in [1.29, 1.82) is 0 Å². The number of nitrogens with zero attached hydrogens (tertiary/aromatic N) is 1. The minimum absolute atomic E-state index is 0.260. The molecule has 0 saturated carbocycles. The third kappa shape index (κ3) is 1.42. The molecule has 0 fully saturated rings. The number of ether oxygens (including phenoxy) is 1. The number of fused-ring (bicyclic) bond motifs is 3. The summed E-state index contributed by atoms with van der Waals surface area (Å²) in [7, 11) is 0. The van der Waals surface area contributed by atoms with Gasteiger partial charge < -0.3 is 4.74 Å². The number of rotatable bonds is 1. The van der Waals surface area contributed by atoms with Crippen molar-refractivity contribution in [3.05, 3.63) is 36.5 Å². The average Bonchev–Trinajstić information content (AvgIpc) is 2.72. The molecule has 0 aliphatic carbocycles. The summed E-state index contributed by atoms with van der Waals surface area (Å²) in [4.78, 5) is 0. The van der Waals surface area contributed by atoms with Crippen LogP contribution in [-0.4, -0.2) is 11.4 Å². The third-order valence-corrected chi connectivity index (χ3v) is 3.46. The van der Waals surface area contributed by atoms with Gasteiger partial charge in [-0.1, -0.05) is 34.1 Å². The molecule has 1 unspecified atom stereocenters. The minimum Gasteiger partial charge on any atom is -0.433 e. The second-order valence-electron chi connectivity index (χ2n) is 3.75. The molecule has 0 spiro atoms. The summed E-state index contributed by atoms with van der Waals surface area (Å²) in [6.07, 6.45) is 2.36. The van der Waals surface area contributed by atoms with Gasteiger partial charge in [0.05, 0.1) is 5.39 Å². The normalized spacial score (nSPS) is 18.9. The van der Waals surface area contributed by atoms with Crippen LogP contribution in [-0.2, 0) is 6.54 Å². The zero-order chi connectivity index (χ0) is 10.3. The van der Waals surface area contributed by atoms with E-state index in [0.29, 0.717) is 0 Å². The summed E-state index contributed by atoms with van der Waals surface area (Å²) < 4.78 is 8.06. The first-order chi connectivity index (χ1) is 7.38. The van der Waals surface area contributed by atoms with Crippen molar-refractivity contribution in [2.24, 2.45) is 0 Å². The van der Waals surface area contributed by atoms with Gasteiger partial charge >= 0.3 is 5.88 Å². The maximum Gasteiger partial charge on any atom is 0.376 e. The third-order valence-electron chi connectivity index (χ3n) is 2.74. The molecule has 3 rings (SSSR count). The minimum atomic E-state index is 0.260. The molecule has 2 aromatic rings. The number of hydrogen-bond donors (Lipinski definition) is 0. The monoisotopic (exact) mass is 264 g/mol. The number of aromatic nitrogens is 1. The molecular weight excluding hydrogens is 254 g/mol. The zero-order valence-electron chi connectivity index (χ0n) is 8.19. The van der Waals surface area contributed by atoms with Crippen LogP contribution >= 0.6 is 15.9 Å². The van der Waals surface area contributed by atoms with Crippen LogP contribution in [0, 0.1) is 0 Å². The van der Waals surface area contributed by atoms with Gasteiger partial charge in [-0.25, -0.2) is 0 Å². The number of benzene rings is 1. The Morgan fingerprint density at radius 1 is 1.33 bits per heavy atom. The molecule has 2 heterocycles. The van der Waals surface area contributed by atoms with E-state index in [9.17, 15) is 0 Å². The van der Waals surface area contributed by atoms with Gasteiger partial charge in [0.1, 0.15) is 0 Å². The molecule has 1 aromatic heterocycles. The molecule has 1 aromatic carbocycles. The Balaban J connectivity index is 2.20. The molecule has 2 nitrogen and oxygen atoms in total.